The molecule has 17 heavy (non-hydrogen) atoms. The Labute approximate surface area is 100.0 Å². The standard InChI is InChI=1S/C8H7N3O4S2/c1-17(14,15)4-2-5(11(12)13)7-6(3-4)16-8(9)10-7/h2-3H,1H3,(H2,9,10). The Bertz CT molecular complexity index is 720. The highest BCUT2D eigenvalue weighted by Gasteiger charge is 2.21. The van der Waals surface area contributed by atoms with Gasteiger partial charge in [-0.05, 0) is 6.07 Å². The Balaban J connectivity index is 2.89. The van der Waals surface area contributed by atoms with Crippen LogP contribution >= 0.6 is 11.3 Å². The third kappa shape index (κ3) is 2.06. The molecule has 0 aliphatic heterocycles. The van der Waals surface area contributed by atoms with E-state index in [2.05, 4.69) is 4.98 Å². The van der Waals surface area contributed by atoms with Gasteiger partial charge in [-0.1, -0.05) is 11.3 Å². The van der Waals surface area contributed by atoms with Crippen LogP contribution in [0.4, 0.5) is 10.8 Å². The van der Waals surface area contributed by atoms with Crippen molar-refractivity contribution in [1.29, 1.82) is 0 Å². The Morgan fingerprint density at radius 2 is 2.12 bits per heavy atom. The van der Waals surface area contributed by atoms with E-state index in [1.165, 1.54) is 6.07 Å². The molecule has 0 fully saturated rings. The lowest BCUT2D eigenvalue weighted by Crippen LogP contribution is -1.99. The van der Waals surface area contributed by atoms with Gasteiger partial charge in [0, 0.05) is 12.3 Å². The summed E-state index contributed by atoms with van der Waals surface area (Å²) in [5, 5.41) is 11.0. The molecule has 0 radical (unpaired) electrons. The van der Waals surface area contributed by atoms with Crippen LogP contribution in [-0.4, -0.2) is 24.6 Å². The SMILES string of the molecule is CS(=O)(=O)c1cc([N+](=O)[O-])c2nc(N)sc2c1. The van der Waals surface area contributed by atoms with E-state index in [1.807, 2.05) is 0 Å². The molecular formula is C8H7N3O4S2. The molecule has 7 nitrogen and oxygen atoms in total. The lowest BCUT2D eigenvalue weighted by atomic mass is 10.3. The van der Waals surface area contributed by atoms with Gasteiger partial charge < -0.3 is 5.73 Å². The summed E-state index contributed by atoms with van der Waals surface area (Å²) in [7, 11) is -3.51. The average molecular weight is 273 g/mol. The van der Waals surface area contributed by atoms with Crippen molar-refractivity contribution in [3.05, 3.63) is 22.2 Å². The average Bonchev–Trinajstić information content (AvgIpc) is 2.54. The number of rotatable bonds is 2. The van der Waals surface area contributed by atoms with Crippen LogP contribution in [0, 0.1) is 10.1 Å². The van der Waals surface area contributed by atoms with Crippen molar-refractivity contribution in [3.8, 4) is 0 Å². The molecule has 0 amide bonds. The molecule has 0 bridgehead atoms. The minimum Gasteiger partial charge on any atom is -0.375 e. The molecule has 0 aliphatic carbocycles. The van der Waals surface area contributed by atoms with Gasteiger partial charge in [0.1, 0.15) is 0 Å². The molecule has 0 spiro atoms. The first-order valence-electron chi connectivity index (χ1n) is 4.33. The second-order valence-corrected chi connectivity index (χ2v) is 6.45. The summed E-state index contributed by atoms with van der Waals surface area (Å²) in [6.45, 7) is 0. The quantitative estimate of drug-likeness (QED) is 0.649. The van der Waals surface area contributed by atoms with E-state index in [9.17, 15) is 18.5 Å². The van der Waals surface area contributed by atoms with Gasteiger partial charge in [0.2, 0.25) is 0 Å². The number of sulfone groups is 1. The Morgan fingerprint density at radius 3 is 2.65 bits per heavy atom. The van der Waals surface area contributed by atoms with Crippen molar-refractivity contribution in [1.82, 2.24) is 4.98 Å². The van der Waals surface area contributed by atoms with E-state index in [4.69, 9.17) is 5.73 Å². The second kappa shape index (κ2) is 3.64. The van der Waals surface area contributed by atoms with Crippen LogP contribution in [0.1, 0.15) is 0 Å². The summed E-state index contributed by atoms with van der Waals surface area (Å²) in [6.07, 6.45) is 0.988. The first kappa shape index (κ1) is 11.7. The number of nitrogens with two attached hydrogens (primary N) is 1. The van der Waals surface area contributed by atoms with Gasteiger partial charge in [0.15, 0.2) is 20.5 Å². The molecule has 90 valence electrons. The molecule has 1 aromatic carbocycles. The van der Waals surface area contributed by atoms with Crippen LogP contribution in [0.15, 0.2) is 17.0 Å². The van der Waals surface area contributed by atoms with Crippen molar-refractivity contribution in [2.75, 3.05) is 12.0 Å². The van der Waals surface area contributed by atoms with Crippen molar-refractivity contribution in [2.24, 2.45) is 0 Å². The Morgan fingerprint density at radius 1 is 1.47 bits per heavy atom. The number of nitrogen functional groups attached to an aromatic ring is 1. The van der Waals surface area contributed by atoms with Crippen molar-refractivity contribution >= 4 is 42.2 Å². The summed E-state index contributed by atoms with van der Waals surface area (Å²) in [6, 6.07) is 2.34. The van der Waals surface area contributed by atoms with Crippen LogP contribution in [0.2, 0.25) is 0 Å². The van der Waals surface area contributed by atoms with Gasteiger partial charge in [0.25, 0.3) is 5.69 Å². The van der Waals surface area contributed by atoms with E-state index in [-0.39, 0.29) is 21.2 Å². The molecule has 0 saturated heterocycles. The first-order valence-corrected chi connectivity index (χ1v) is 7.04. The maximum atomic E-state index is 11.4. The molecule has 2 N–H and O–H groups in total. The number of hydrogen-bond acceptors (Lipinski definition) is 7. The topological polar surface area (TPSA) is 116 Å². The minimum atomic E-state index is -3.51. The molecule has 0 saturated carbocycles. The predicted molar refractivity (Wildman–Crippen MR) is 63.8 cm³/mol. The molecule has 0 atom stereocenters. The van der Waals surface area contributed by atoms with Gasteiger partial charge in [-0.25, -0.2) is 13.4 Å². The van der Waals surface area contributed by atoms with Gasteiger partial charge >= 0.3 is 0 Å². The summed E-state index contributed by atoms with van der Waals surface area (Å²) < 4.78 is 23.2. The third-order valence-corrected chi connectivity index (χ3v) is 4.01. The maximum Gasteiger partial charge on any atom is 0.297 e. The van der Waals surface area contributed by atoms with E-state index < -0.39 is 14.8 Å². The van der Waals surface area contributed by atoms with Gasteiger partial charge in [0.05, 0.1) is 14.5 Å². The Hall–Kier alpha value is -1.74. The fraction of sp³-hybridized carbons (Fsp3) is 0.125. The summed E-state index contributed by atoms with van der Waals surface area (Å²) in [5.41, 5.74) is 5.22. The summed E-state index contributed by atoms with van der Waals surface area (Å²) in [5.74, 6) is 0. The summed E-state index contributed by atoms with van der Waals surface area (Å²) >= 11 is 1.01. The number of hydrogen-bond donors (Lipinski definition) is 1. The number of anilines is 1. The van der Waals surface area contributed by atoms with E-state index >= 15 is 0 Å². The Kier molecular flexibility index (Phi) is 2.51. The highest BCUT2D eigenvalue weighted by molar-refractivity contribution is 7.90. The molecular weight excluding hydrogens is 266 g/mol. The fourth-order valence-electron chi connectivity index (χ4n) is 1.36. The minimum absolute atomic E-state index is 0.111. The number of benzene rings is 1. The van der Waals surface area contributed by atoms with Crippen LogP contribution < -0.4 is 5.73 Å². The number of nitro groups is 1. The highest BCUT2D eigenvalue weighted by Crippen LogP contribution is 2.33. The molecule has 1 heterocycles. The largest absolute Gasteiger partial charge is 0.375 e. The first-order chi connectivity index (χ1) is 7.79. The van der Waals surface area contributed by atoms with E-state index in [0.29, 0.717) is 4.70 Å². The van der Waals surface area contributed by atoms with Crippen LogP contribution in [0.3, 0.4) is 0 Å². The van der Waals surface area contributed by atoms with Gasteiger partial charge in [-0.3, -0.25) is 10.1 Å². The van der Waals surface area contributed by atoms with E-state index in [0.717, 1.165) is 23.7 Å². The van der Waals surface area contributed by atoms with Gasteiger partial charge in [-0.2, -0.15) is 0 Å². The van der Waals surface area contributed by atoms with Crippen molar-refractivity contribution in [3.63, 3.8) is 0 Å². The summed E-state index contributed by atoms with van der Waals surface area (Å²) in [4.78, 5) is 13.9. The molecule has 0 aliphatic rings. The zero-order valence-corrected chi connectivity index (χ0v) is 10.2. The number of fused-ring (bicyclic) bond motifs is 1. The molecule has 0 unspecified atom stereocenters. The van der Waals surface area contributed by atoms with Crippen LogP contribution in [-0.2, 0) is 9.84 Å². The van der Waals surface area contributed by atoms with Crippen molar-refractivity contribution in [2.45, 2.75) is 4.90 Å². The monoisotopic (exact) mass is 273 g/mol. The number of nitrogens with zero attached hydrogens (tertiary/aromatic N) is 2. The smallest absolute Gasteiger partial charge is 0.297 e. The lowest BCUT2D eigenvalue weighted by Gasteiger charge is -1.98. The number of nitro benzene ring substituents is 1. The second-order valence-electron chi connectivity index (χ2n) is 3.37. The predicted octanol–water partition coefficient (Wildman–Crippen LogP) is 1.19. The van der Waals surface area contributed by atoms with Gasteiger partial charge in [-0.15, -0.1) is 0 Å². The zero-order valence-electron chi connectivity index (χ0n) is 8.58. The van der Waals surface area contributed by atoms with Crippen LogP contribution in [0.25, 0.3) is 10.2 Å². The highest BCUT2D eigenvalue weighted by atomic mass is 32.2. The zero-order chi connectivity index (χ0) is 12.8. The molecule has 9 heteroatoms. The normalized spacial score (nSPS) is 11.8. The number of thiazole rings is 1. The lowest BCUT2D eigenvalue weighted by molar-refractivity contribution is -0.383. The number of non-ortho nitro benzene ring substituents is 1. The molecule has 1 aromatic heterocycles. The fourth-order valence-corrected chi connectivity index (χ4v) is 2.88. The number of aromatic nitrogens is 1. The van der Waals surface area contributed by atoms with Crippen molar-refractivity contribution < 1.29 is 13.3 Å². The van der Waals surface area contributed by atoms with Crippen LogP contribution in [0.5, 0.6) is 0 Å². The van der Waals surface area contributed by atoms with E-state index in [1.54, 1.807) is 0 Å². The molecule has 2 aromatic rings. The molecule has 2 rings (SSSR count). The third-order valence-electron chi connectivity index (χ3n) is 2.09. The maximum absolute atomic E-state index is 11.4.